The van der Waals surface area contributed by atoms with Crippen molar-refractivity contribution in [3.05, 3.63) is 45.0 Å². The van der Waals surface area contributed by atoms with Crippen LogP contribution in [-0.4, -0.2) is 42.3 Å². The summed E-state index contributed by atoms with van der Waals surface area (Å²) in [5, 5.41) is 0. The lowest BCUT2D eigenvalue weighted by Gasteiger charge is -2.13. The third-order valence-corrected chi connectivity index (χ3v) is 4.57. The van der Waals surface area contributed by atoms with Gasteiger partial charge in [-0.1, -0.05) is 12.1 Å². The van der Waals surface area contributed by atoms with Gasteiger partial charge in [-0.3, -0.25) is 14.5 Å². The molecule has 0 aromatic heterocycles. The molecule has 0 radical (unpaired) electrons. The van der Waals surface area contributed by atoms with E-state index in [0.717, 1.165) is 7.11 Å². The molecule has 0 bridgehead atoms. The maximum Gasteiger partial charge on any atom is 0.381 e. The molecule has 1 aromatic rings. The number of carbonyl (C=O) groups excluding carboxylic acids is 3. The van der Waals surface area contributed by atoms with Crippen molar-refractivity contribution in [1.29, 1.82) is 0 Å². The number of ether oxygens (including phenoxy) is 1. The zero-order valence-corrected chi connectivity index (χ0v) is 15.6. The second kappa shape index (κ2) is 8.03. The zero-order chi connectivity index (χ0) is 18.6. The van der Waals surface area contributed by atoms with Crippen molar-refractivity contribution in [2.75, 3.05) is 13.7 Å². The van der Waals surface area contributed by atoms with Gasteiger partial charge in [-0.25, -0.2) is 4.79 Å². The first-order valence-electron chi connectivity index (χ1n) is 7.56. The molecular formula is C17H16F2INO4. The number of carbonyl (C=O) groups is 3. The van der Waals surface area contributed by atoms with E-state index in [1.807, 2.05) is 0 Å². The van der Waals surface area contributed by atoms with Crippen LogP contribution in [0.2, 0.25) is 0 Å². The number of halogens is 3. The molecule has 0 fully saturated rings. The molecule has 0 N–H and O–H groups in total. The Labute approximate surface area is 157 Å². The average molecular weight is 463 g/mol. The van der Waals surface area contributed by atoms with Crippen LogP contribution in [0.4, 0.5) is 8.78 Å². The summed E-state index contributed by atoms with van der Waals surface area (Å²) in [6.07, 6.45) is 1.87. The van der Waals surface area contributed by atoms with Crippen LogP contribution in [0.15, 0.2) is 33.9 Å². The van der Waals surface area contributed by atoms with Gasteiger partial charge in [0.1, 0.15) is 0 Å². The molecule has 0 saturated heterocycles. The van der Waals surface area contributed by atoms with E-state index in [1.54, 1.807) is 46.9 Å². The topological polar surface area (TPSA) is 63.7 Å². The molecule has 0 saturated carbocycles. The summed E-state index contributed by atoms with van der Waals surface area (Å²) in [5.74, 6) is -5.92. The Morgan fingerprint density at radius 2 is 1.76 bits per heavy atom. The van der Waals surface area contributed by atoms with Gasteiger partial charge >= 0.3 is 11.9 Å². The average Bonchev–Trinajstić information content (AvgIpc) is 2.82. The van der Waals surface area contributed by atoms with Gasteiger partial charge in [0.25, 0.3) is 11.8 Å². The van der Waals surface area contributed by atoms with Crippen molar-refractivity contribution < 1.29 is 27.9 Å². The van der Waals surface area contributed by atoms with Crippen LogP contribution in [0, 0.1) is 0 Å². The molecule has 25 heavy (non-hydrogen) atoms. The van der Waals surface area contributed by atoms with Gasteiger partial charge in [-0.05, 0) is 57.6 Å². The highest BCUT2D eigenvalue weighted by molar-refractivity contribution is 14.1. The maximum absolute atomic E-state index is 13.4. The Hall–Kier alpha value is -1.84. The number of alkyl halides is 2. The molecule has 0 atom stereocenters. The number of imide groups is 1. The van der Waals surface area contributed by atoms with Crippen LogP contribution in [0.3, 0.4) is 0 Å². The first-order valence-corrected chi connectivity index (χ1v) is 8.64. The molecular weight excluding hydrogens is 447 g/mol. The van der Waals surface area contributed by atoms with E-state index in [9.17, 15) is 23.2 Å². The number of hydrogen-bond donors (Lipinski definition) is 0. The monoisotopic (exact) mass is 463 g/mol. The van der Waals surface area contributed by atoms with E-state index in [1.165, 1.54) is 4.90 Å². The number of fused-ring (bicyclic) bond motifs is 1. The fraction of sp³-hybridized carbons (Fsp3) is 0.353. The smallest absolute Gasteiger partial charge is 0.381 e. The van der Waals surface area contributed by atoms with Gasteiger partial charge < -0.3 is 4.74 Å². The largest absolute Gasteiger partial charge is 0.464 e. The number of amides is 2. The third kappa shape index (κ3) is 4.42. The maximum atomic E-state index is 13.4. The van der Waals surface area contributed by atoms with Crippen LogP contribution < -0.4 is 0 Å². The first kappa shape index (κ1) is 19.5. The normalized spacial score (nSPS) is 14.7. The molecule has 1 heterocycles. The molecule has 8 heteroatoms. The van der Waals surface area contributed by atoms with Gasteiger partial charge in [0.2, 0.25) is 0 Å². The van der Waals surface area contributed by atoms with Crippen molar-refractivity contribution in [2.45, 2.75) is 25.2 Å². The molecule has 1 aromatic carbocycles. The fourth-order valence-electron chi connectivity index (χ4n) is 2.47. The molecule has 2 rings (SSSR count). The van der Waals surface area contributed by atoms with Crippen LogP contribution in [0.25, 0.3) is 0 Å². The minimum absolute atomic E-state index is 0.226. The number of hydrogen-bond acceptors (Lipinski definition) is 4. The van der Waals surface area contributed by atoms with Crippen LogP contribution >= 0.6 is 22.6 Å². The predicted octanol–water partition coefficient (Wildman–Crippen LogP) is 3.58. The number of methoxy groups -OCH3 is 1. The molecule has 134 valence electrons. The Bertz CT molecular complexity index is 698. The van der Waals surface area contributed by atoms with Gasteiger partial charge in [-0.2, -0.15) is 8.78 Å². The quantitative estimate of drug-likeness (QED) is 0.269. The highest BCUT2D eigenvalue weighted by Crippen LogP contribution is 2.26. The molecule has 0 spiro atoms. The summed E-state index contributed by atoms with van der Waals surface area (Å²) in [4.78, 5) is 36.5. The number of allylic oxidation sites excluding steroid dienone is 1. The fourth-order valence-corrected chi connectivity index (χ4v) is 3.24. The number of benzene rings is 1. The molecule has 0 aliphatic carbocycles. The third-order valence-electron chi connectivity index (χ3n) is 3.72. The summed E-state index contributed by atoms with van der Waals surface area (Å²) >= 11 is 1.74. The Balaban J connectivity index is 1.85. The highest BCUT2D eigenvalue weighted by Gasteiger charge is 2.38. The molecule has 0 unspecified atom stereocenters. The minimum atomic E-state index is -3.66. The second-order valence-corrected chi connectivity index (χ2v) is 6.86. The first-order chi connectivity index (χ1) is 11.8. The standard InChI is InChI=1S/C17H16F2INO4/c1-25-16(24)17(18,19)10-11(20)6-4-5-9-21-14(22)12-7-2-3-8-13(12)15(21)23/h2-3,7-8,10H,4-6,9H2,1H3. The van der Waals surface area contributed by atoms with E-state index in [2.05, 4.69) is 4.74 Å². The SMILES string of the molecule is COC(=O)C(F)(F)C=C(I)CCCCN1C(=O)c2ccccc2C1=O. The number of esters is 1. The predicted molar refractivity (Wildman–Crippen MR) is 94.7 cm³/mol. The lowest BCUT2D eigenvalue weighted by atomic mass is 10.1. The molecule has 2 amide bonds. The van der Waals surface area contributed by atoms with Crippen LogP contribution in [0.5, 0.6) is 0 Å². The van der Waals surface area contributed by atoms with Gasteiger partial charge in [0.05, 0.1) is 18.2 Å². The van der Waals surface area contributed by atoms with E-state index in [-0.39, 0.29) is 18.4 Å². The van der Waals surface area contributed by atoms with Crippen molar-refractivity contribution in [2.24, 2.45) is 0 Å². The number of unbranched alkanes of at least 4 members (excludes halogenated alkanes) is 1. The molecule has 1 aliphatic rings. The lowest BCUT2D eigenvalue weighted by molar-refractivity contribution is -0.161. The Morgan fingerprint density at radius 3 is 2.28 bits per heavy atom. The Morgan fingerprint density at radius 1 is 1.20 bits per heavy atom. The van der Waals surface area contributed by atoms with Crippen molar-refractivity contribution in [1.82, 2.24) is 4.90 Å². The minimum Gasteiger partial charge on any atom is -0.464 e. The van der Waals surface area contributed by atoms with Crippen molar-refractivity contribution >= 4 is 40.4 Å². The van der Waals surface area contributed by atoms with Crippen molar-refractivity contribution in [3.8, 4) is 0 Å². The highest BCUT2D eigenvalue weighted by atomic mass is 127. The van der Waals surface area contributed by atoms with E-state index in [4.69, 9.17) is 0 Å². The number of rotatable bonds is 7. The summed E-state index contributed by atoms with van der Waals surface area (Å²) < 4.78 is 31.2. The molecule has 1 aliphatic heterocycles. The zero-order valence-electron chi connectivity index (χ0n) is 13.4. The van der Waals surface area contributed by atoms with Crippen LogP contribution in [-0.2, 0) is 9.53 Å². The van der Waals surface area contributed by atoms with E-state index >= 15 is 0 Å². The van der Waals surface area contributed by atoms with E-state index < -0.39 is 11.9 Å². The van der Waals surface area contributed by atoms with Crippen LogP contribution in [0.1, 0.15) is 40.0 Å². The lowest BCUT2D eigenvalue weighted by Crippen LogP contribution is -2.30. The Kier molecular flexibility index (Phi) is 6.26. The molecule has 5 nitrogen and oxygen atoms in total. The van der Waals surface area contributed by atoms with Crippen molar-refractivity contribution in [3.63, 3.8) is 0 Å². The number of nitrogens with zero attached hydrogens (tertiary/aromatic N) is 1. The second-order valence-electron chi connectivity index (χ2n) is 5.47. The summed E-state index contributed by atoms with van der Waals surface area (Å²) in [5.41, 5.74) is 0.777. The summed E-state index contributed by atoms with van der Waals surface area (Å²) in [7, 11) is 0.902. The van der Waals surface area contributed by atoms with Gasteiger partial charge in [-0.15, -0.1) is 0 Å². The van der Waals surface area contributed by atoms with E-state index in [0.29, 0.717) is 40.0 Å². The van der Waals surface area contributed by atoms with Gasteiger partial charge in [0, 0.05) is 12.6 Å². The summed E-state index contributed by atoms with van der Waals surface area (Å²) in [6.45, 7) is 0.226. The van der Waals surface area contributed by atoms with Gasteiger partial charge in [0.15, 0.2) is 0 Å². The summed E-state index contributed by atoms with van der Waals surface area (Å²) in [6, 6.07) is 6.61.